The standard InChI is InChI=1S/C3Cl5F2/c4-1(9)2(5,6)3(7,8)10. The van der Waals surface area contributed by atoms with Crippen LogP contribution in [0.25, 0.3) is 0 Å². The van der Waals surface area contributed by atoms with Crippen LogP contribution in [0.15, 0.2) is 0 Å². The lowest BCUT2D eigenvalue weighted by Crippen LogP contribution is -2.34. The quantitative estimate of drug-likeness (QED) is 0.652. The molecule has 0 aromatic carbocycles. The Kier molecular flexibility index (Phi) is 3.80. The average molecular weight is 251 g/mol. The molecule has 0 aliphatic rings. The highest BCUT2D eigenvalue weighted by atomic mass is 35.5. The van der Waals surface area contributed by atoms with Crippen LogP contribution in [0.2, 0.25) is 0 Å². The molecule has 10 heavy (non-hydrogen) atoms. The van der Waals surface area contributed by atoms with Crippen LogP contribution in [0, 0.1) is 5.63 Å². The first kappa shape index (κ1) is 11.3. The molecule has 0 aromatic rings. The maximum Gasteiger partial charge on any atom is 0.294 e. The predicted octanol–water partition coefficient (Wildman–Crippen LogP) is 3.96. The molecule has 0 aromatic heterocycles. The number of halogens is 7. The Morgan fingerprint density at radius 3 is 1.40 bits per heavy atom. The van der Waals surface area contributed by atoms with Gasteiger partial charge in [-0.15, -0.1) is 0 Å². The van der Waals surface area contributed by atoms with E-state index in [9.17, 15) is 8.78 Å². The third kappa shape index (κ3) is 2.42. The zero-order chi connectivity index (χ0) is 8.58. The van der Waals surface area contributed by atoms with Crippen molar-refractivity contribution >= 4 is 58.0 Å². The van der Waals surface area contributed by atoms with Crippen LogP contribution in [-0.4, -0.2) is 8.92 Å². The summed E-state index contributed by atoms with van der Waals surface area (Å²) >= 11 is 23.9. The fraction of sp³-hybridized carbons (Fsp3) is 0.667. The van der Waals surface area contributed by atoms with Crippen molar-refractivity contribution in [3.8, 4) is 0 Å². The van der Waals surface area contributed by atoms with Gasteiger partial charge in [-0.05, 0) is 0 Å². The van der Waals surface area contributed by atoms with Gasteiger partial charge >= 0.3 is 0 Å². The second-order valence-electron chi connectivity index (χ2n) is 1.33. The zero-order valence-corrected chi connectivity index (χ0v) is 7.93. The largest absolute Gasteiger partial charge is 0.294 e. The summed E-state index contributed by atoms with van der Waals surface area (Å²) in [6, 6.07) is 0. The summed E-state index contributed by atoms with van der Waals surface area (Å²) in [6.07, 6.45) is 0. The minimum absolute atomic E-state index is 1.62. The summed E-state index contributed by atoms with van der Waals surface area (Å²) in [5.41, 5.74) is -1.62. The Hall–Kier alpha value is 1.31. The Bertz CT molecular complexity index is 117. The summed E-state index contributed by atoms with van der Waals surface area (Å²) in [5.74, 6) is 0. The van der Waals surface area contributed by atoms with E-state index in [1.807, 2.05) is 0 Å². The molecule has 0 atom stereocenters. The van der Waals surface area contributed by atoms with Crippen LogP contribution in [0.1, 0.15) is 0 Å². The molecule has 7 heteroatoms. The highest BCUT2D eigenvalue weighted by molar-refractivity contribution is 6.64. The SMILES string of the molecule is F[C](Cl)C(Cl)(Cl)C(F)(Cl)Cl. The number of hydrogen-bond donors (Lipinski definition) is 0. The van der Waals surface area contributed by atoms with Gasteiger partial charge in [-0.1, -0.05) is 58.0 Å². The fourth-order valence-corrected chi connectivity index (χ4v) is 0.500. The van der Waals surface area contributed by atoms with Crippen molar-refractivity contribution in [2.45, 2.75) is 8.92 Å². The van der Waals surface area contributed by atoms with E-state index in [1.165, 1.54) is 0 Å². The molecule has 0 saturated carbocycles. The molecule has 0 aliphatic heterocycles. The molecule has 0 fully saturated rings. The minimum atomic E-state index is -3.15. The lowest BCUT2D eigenvalue weighted by Gasteiger charge is -2.24. The second kappa shape index (κ2) is 3.36. The van der Waals surface area contributed by atoms with Gasteiger partial charge in [0.1, 0.15) is 0 Å². The van der Waals surface area contributed by atoms with Gasteiger partial charge in [0.2, 0.25) is 4.33 Å². The maximum absolute atomic E-state index is 12.3. The van der Waals surface area contributed by atoms with E-state index < -0.39 is 14.6 Å². The van der Waals surface area contributed by atoms with E-state index in [-0.39, 0.29) is 0 Å². The van der Waals surface area contributed by atoms with E-state index in [2.05, 4.69) is 11.6 Å². The second-order valence-corrected chi connectivity index (χ2v) is 4.23. The molecule has 0 nitrogen and oxygen atoms in total. The Labute approximate surface area is 81.3 Å². The fourth-order valence-electron chi connectivity index (χ4n) is 0.107. The summed E-state index contributed by atoms with van der Waals surface area (Å²) in [6.45, 7) is 0. The van der Waals surface area contributed by atoms with Crippen LogP contribution < -0.4 is 0 Å². The molecule has 0 heterocycles. The average Bonchev–Trinajstić information content (AvgIpc) is 1.62. The van der Waals surface area contributed by atoms with E-state index in [0.29, 0.717) is 0 Å². The van der Waals surface area contributed by atoms with Crippen LogP contribution in [0.5, 0.6) is 0 Å². The highest BCUT2D eigenvalue weighted by Gasteiger charge is 2.55. The Morgan fingerprint density at radius 1 is 1.10 bits per heavy atom. The van der Waals surface area contributed by atoms with E-state index in [1.54, 1.807) is 0 Å². The number of rotatable bonds is 2. The van der Waals surface area contributed by atoms with Gasteiger partial charge in [-0.25, -0.2) is 8.78 Å². The third-order valence-electron chi connectivity index (χ3n) is 0.593. The molecule has 0 saturated heterocycles. The molecule has 0 bridgehead atoms. The van der Waals surface area contributed by atoms with Crippen molar-refractivity contribution in [2.24, 2.45) is 0 Å². The topological polar surface area (TPSA) is 0 Å². The van der Waals surface area contributed by atoms with Gasteiger partial charge in [-0.2, -0.15) is 0 Å². The molecule has 0 aliphatic carbocycles. The highest BCUT2D eigenvalue weighted by Crippen LogP contribution is 2.51. The van der Waals surface area contributed by atoms with Gasteiger partial charge < -0.3 is 0 Å². The molecule has 61 valence electrons. The lowest BCUT2D eigenvalue weighted by atomic mass is 10.5. The smallest absolute Gasteiger partial charge is 0.217 e. The zero-order valence-electron chi connectivity index (χ0n) is 4.15. The first-order chi connectivity index (χ1) is 4.19. The maximum atomic E-state index is 12.3. The van der Waals surface area contributed by atoms with Crippen LogP contribution in [0.4, 0.5) is 8.78 Å². The van der Waals surface area contributed by atoms with Gasteiger partial charge in [0.05, 0.1) is 0 Å². The van der Waals surface area contributed by atoms with Crippen LogP contribution >= 0.6 is 58.0 Å². The van der Waals surface area contributed by atoms with Crippen LogP contribution in [-0.2, 0) is 0 Å². The molecular weight excluding hydrogens is 251 g/mol. The van der Waals surface area contributed by atoms with E-state index >= 15 is 0 Å². The molecule has 1 radical (unpaired) electrons. The van der Waals surface area contributed by atoms with Gasteiger partial charge in [0.25, 0.3) is 10.2 Å². The van der Waals surface area contributed by atoms with Crippen molar-refractivity contribution in [1.29, 1.82) is 0 Å². The molecule has 0 spiro atoms. The summed E-state index contributed by atoms with van der Waals surface area (Å²) in [7, 11) is 0. The molecule has 0 unspecified atom stereocenters. The van der Waals surface area contributed by atoms with Crippen molar-refractivity contribution in [2.75, 3.05) is 0 Å². The first-order valence-electron chi connectivity index (χ1n) is 1.82. The molecule has 0 rings (SSSR count). The molecule has 0 amide bonds. The van der Waals surface area contributed by atoms with Gasteiger partial charge in [-0.3, -0.25) is 0 Å². The van der Waals surface area contributed by atoms with Crippen molar-refractivity contribution in [1.82, 2.24) is 0 Å². The number of alkyl halides is 5. The van der Waals surface area contributed by atoms with E-state index in [4.69, 9.17) is 46.4 Å². The summed E-state index contributed by atoms with van der Waals surface area (Å²) in [4.78, 5) is 0. The third-order valence-corrected chi connectivity index (χ3v) is 2.88. The van der Waals surface area contributed by atoms with Crippen molar-refractivity contribution < 1.29 is 8.78 Å². The summed E-state index contributed by atoms with van der Waals surface area (Å²) < 4.78 is 18.4. The predicted molar refractivity (Wildman–Crippen MR) is 40.2 cm³/mol. The van der Waals surface area contributed by atoms with Crippen LogP contribution in [0.3, 0.4) is 0 Å². The monoisotopic (exact) mass is 249 g/mol. The number of hydrogen-bond acceptors (Lipinski definition) is 0. The summed E-state index contributed by atoms with van der Waals surface area (Å²) in [5, 5.41) is 0. The van der Waals surface area contributed by atoms with Crippen molar-refractivity contribution in [3.63, 3.8) is 0 Å². The Morgan fingerprint density at radius 2 is 1.40 bits per heavy atom. The van der Waals surface area contributed by atoms with Gasteiger partial charge in [0.15, 0.2) is 0 Å². The van der Waals surface area contributed by atoms with Crippen molar-refractivity contribution in [3.05, 3.63) is 5.63 Å². The van der Waals surface area contributed by atoms with E-state index in [0.717, 1.165) is 0 Å². The minimum Gasteiger partial charge on any atom is -0.217 e. The molecular formula is C3Cl5F2. The lowest BCUT2D eigenvalue weighted by molar-refractivity contribution is 0.334. The first-order valence-corrected chi connectivity index (χ1v) is 3.71. The normalized spacial score (nSPS) is 14.4. The Balaban J connectivity index is 4.40. The molecule has 0 N–H and O–H groups in total. The van der Waals surface area contributed by atoms with Gasteiger partial charge in [0, 0.05) is 0 Å².